The zero-order chi connectivity index (χ0) is 13.8. The van der Waals surface area contributed by atoms with Crippen molar-refractivity contribution in [2.75, 3.05) is 19.9 Å². The van der Waals surface area contributed by atoms with E-state index >= 15 is 0 Å². The van der Waals surface area contributed by atoms with Crippen LogP contribution in [0.2, 0.25) is 0 Å². The quantitative estimate of drug-likeness (QED) is 0.582. The molecule has 3 rings (SSSR count). The number of rotatable bonds is 8. The third-order valence-corrected chi connectivity index (χ3v) is 4.19. The molecule has 0 amide bonds. The van der Waals surface area contributed by atoms with Gasteiger partial charge in [0, 0.05) is 6.04 Å². The molecular formula is C17H25NO2. The average Bonchev–Trinajstić information content (AvgIpc) is 3.21. The van der Waals surface area contributed by atoms with Crippen molar-refractivity contribution in [2.24, 2.45) is 5.92 Å². The summed E-state index contributed by atoms with van der Waals surface area (Å²) >= 11 is 0. The van der Waals surface area contributed by atoms with Crippen LogP contribution in [0.25, 0.3) is 0 Å². The van der Waals surface area contributed by atoms with Gasteiger partial charge in [0.15, 0.2) is 6.79 Å². The van der Waals surface area contributed by atoms with Crippen molar-refractivity contribution >= 4 is 0 Å². The number of aryl methyl sites for hydroxylation is 1. The Kier molecular flexibility index (Phi) is 4.58. The van der Waals surface area contributed by atoms with Gasteiger partial charge in [-0.2, -0.15) is 0 Å². The molecule has 0 spiro atoms. The highest BCUT2D eigenvalue weighted by Gasteiger charge is 2.22. The number of hydrogen-bond donors (Lipinski definition) is 1. The lowest BCUT2D eigenvalue weighted by molar-refractivity contribution is 0.00995. The third kappa shape index (κ3) is 3.53. The Morgan fingerprint density at radius 1 is 1.25 bits per heavy atom. The van der Waals surface area contributed by atoms with Crippen molar-refractivity contribution in [3.8, 4) is 5.75 Å². The molecule has 1 atom stereocenters. The van der Waals surface area contributed by atoms with Gasteiger partial charge in [0.1, 0.15) is 5.75 Å². The first-order chi connectivity index (χ1) is 9.86. The van der Waals surface area contributed by atoms with E-state index in [1.807, 2.05) is 0 Å². The standard InChI is InChI=1S/C17H25NO2/c1-2-9-18-17-8-5-14-10-15(6-7-16(14)17)20-12-19-11-13-3-4-13/h6-7,10,13,17-18H,2-5,8-9,11-12H2,1H3. The molecule has 0 aromatic heterocycles. The summed E-state index contributed by atoms with van der Waals surface area (Å²) in [5, 5.41) is 3.61. The highest BCUT2D eigenvalue weighted by atomic mass is 16.7. The van der Waals surface area contributed by atoms with Gasteiger partial charge in [-0.05, 0) is 67.8 Å². The summed E-state index contributed by atoms with van der Waals surface area (Å²) in [5.74, 6) is 1.74. The molecule has 3 nitrogen and oxygen atoms in total. The van der Waals surface area contributed by atoms with E-state index in [4.69, 9.17) is 9.47 Å². The number of ether oxygens (including phenoxy) is 2. The van der Waals surface area contributed by atoms with Gasteiger partial charge in [-0.15, -0.1) is 0 Å². The Morgan fingerprint density at radius 3 is 2.95 bits per heavy atom. The summed E-state index contributed by atoms with van der Waals surface area (Å²) in [7, 11) is 0. The molecule has 1 unspecified atom stereocenters. The second-order valence-corrected chi connectivity index (χ2v) is 5.98. The van der Waals surface area contributed by atoms with Gasteiger partial charge in [-0.25, -0.2) is 0 Å². The Balaban J connectivity index is 1.50. The molecule has 20 heavy (non-hydrogen) atoms. The van der Waals surface area contributed by atoms with Gasteiger partial charge in [0.25, 0.3) is 0 Å². The molecule has 110 valence electrons. The van der Waals surface area contributed by atoms with Gasteiger partial charge < -0.3 is 14.8 Å². The number of hydrogen-bond acceptors (Lipinski definition) is 3. The fourth-order valence-corrected chi connectivity index (χ4v) is 2.82. The molecule has 1 saturated carbocycles. The largest absolute Gasteiger partial charge is 0.468 e. The van der Waals surface area contributed by atoms with E-state index in [-0.39, 0.29) is 0 Å². The second-order valence-electron chi connectivity index (χ2n) is 5.98. The van der Waals surface area contributed by atoms with Crippen molar-refractivity contribution < 1.29 is 9.47 Å². The molecule has 3 heteroatoms. The van der Waals surface area contributed by atoms with Crippen LogP contribution < -0.4 is 10.1 Å². The van der Waals surface area contributed by atoms with E-state index in [1.165, 1.54) is 36.8 Å². The minimum absolute atomic E-state index is 0.382. The minimum atomic E-state index is 0.382. The van der Waals surface area contributed by atoms with Crippen LogP contribution in [-0.4, -0.2) is 19.9 Å². The van der Waals surface area contributed by atoms with E-state index < -0.39 is 0 Å². The molecule has 1 aromatic carbocycles. The number of fused-ring (bicyclic) bond motifs is 1. The topological polar surface area (TPSA) is 30.5 Å². The molecule has 0 saturated heterocycles. The first kappa shape index (κ1) is 13.9. The smallest absolute Gasteiger partial charge is 0.189 e. The lowest BCUT2D eigenvalue weighted by Crippen LogP contribution is -2.19. The molecule has 0 radical (unpaired) electrons. The van der Waals surface area contributed by atoms with Crippen LogP contribution in [0.5, 0.6) is 5.75 Å². The van der Waals surface area contributed by atoms with Gasteiger partial charge in [-0.3, -0.25) is 0 Å². The Labute approximate surface area is 121 Å². The van der Waals surface area contributed by atoms with Gasteiger partial charge in [0.05, 0.1) is 6.61 Å². The molecule has 0 heterocycles. The van der Waals surface area contributed by atoms with Crippen molar-refractivity contribution in [3.63, 3.8) is 0 Å². The predicted octanol–water partition coefficient (Wildman–Crippen LogP) is 3.44. The molecular weight excluding hydrogens is 250 g/mol. The molecule has 0 aliphatic heterocycles. The normalized spacial score (nSPS) is 20.9. The molecule has 2 aliphatic rings. The Hall–Kier alpha value is -1.06. The van der Waals surface area contributed by atoms with E-state index in [9.17, 15) is 0 Å². The van der Waals surface area contributed by atoms with Crippen LogP contribution in [0.15, 0.2) is 18.2 Å². The molecule has 0 bridgehead atoms. The SMILES string of the molecule is CCCNC1CCc2cc(OCOCC3CC3)ccc21. The Bertz CT molecular complexity index is 443. The van der Waals surface area contributed by atoms with E-state index in [0.717, 1.165) is 31.2 Å². The van der Waals surface area contributed by atoms with E-state index in [2.05, 4.69) is 30.4 Å². The van der Waals surface area contributed by atoms with Crippen LogP contribution in [0.1, 0.15) is 49.8 Å². The summed E-state index contributed by atoms with van der Waals surface area (Å²) in [5.41, 5.74) is 2.88. The fraction of sp³-hybridized carbons (Fsp3) is 0.647. The number of benzene rings is 1. The zero-order valence-electron chi connectivity index (χ0n) is 12.4. The van der Waals surface area contributed by atoms with Gasteiger partial charge in [-0.1, -0.05) is 13.0 Å². The maximum Gasteiger partial charge on any atom is 0.189 e. The Morgan fingerprint density at radius 2 is 2.15 bits per heavy atom. The van der Waals surface area contributed by atoms with Crippen LogP contribution in [0, 0.1) is 5.92 Å². The van der Waals surface area contributed by atoms with Crippen LogP contribution in [0.3, 0.4) is 0 Å². The average molecular weight is 275 g/mol. The maximum atomic E-state index is 5.68. The van der Waals surface area contributed by atoms with Crippen molar-refractivity contribution in [1.29, 1.82) is 0 Å². The molecule has 2 aliphatic carbocycles. The van der Waals surface area contributed by atoms with Gasteiger partial charge in [0.2, 0.25) is 0 Å². The van der Waals surface area contributed by atoms with Crippen molar-refractivity contribution in [2.45, 2.75) is 45.1 Å². The third-order valence-electron chi connectivity index (χ3n) is 4.19. The van der Waals surface area contributed by atoms with Crippen molar-refractivity contribution in [3.05, 3.63) is 29.3 Å². The highest BCUT2D eigenvalue weighted by molar-refractivity contribution is 5.40. The first-order valence-electron chi connectivity index (χ1n) is 7.93. The summed E-state index contributed by atoms with van der Waals surface area (Å²) in [6.45, 7) is 4.54. The summed E-state index contributed by atoms with van der Waals surface area (Å²) in [4.78, 5) is 0. The lowest BCUT2D eigenvalue weighted by Gasteiger charge is -2.14. The molecule has 1 fully saturated rings. The summed E-state index contributed by atoms with van der Waals surface area (Å²) < 4.78 is 11.2. The van der Waals surface area contributed by atoms with Crippen LogP contribution in [0.4, 0.5) is 0 Å². The lowest BCUT2D eigenvalue weighted by atomic mass is 10.1. The summed E-state index contributed by atoms with van der Waals surface area (Å²) in [6.07, 6.45) is 6.19. The fourth-order valence-electron chi connectivity index (χ4n) is 2.82. The van der Waals surface area contributed by atoms with E-state index in [0.29, 0.717) is 12.8 Å². The predicted molar refractivity (Wildman–Crippen MR) is 80.0 cm³/mol. The van der Waals surface area contributed by atoms with Gasteiger partial charge >= 0.3 is 0 Å². The minimum Gasteiger partial charge on any atom is -0.468 e. The monoisotopic (exact) mass is 275 g/mol. The maximum absolute atomic E-state index is 5.68. The highest BCUT2D eigenvalue weighted by Crippen LogP contribution is 2.33. The molecule has 1 aromatic rings. The van der Waals surface area contributed by atoms with Crippen LogP contribution >= 0.6 is 0 Å². The number of nitrogens with one attached hydrogen (secondary N) is 1. The first-order valence-corrected chi connectivity index (χ1v) is 7.93. The van der Waals surface area contributed by atoms with Crippen molar-refractivity contribution in [1.82, 2.24) is 5.32 Å². The zero-order valence-corrected chi connectivity index (χ0v) is 12.4. The summed E-state index contributed by atoms with van der Waals surface area (Å²) in [6, 6.07) is 7.01. The van der Waals surface area contributed by atoms with E-state index in [1.54, 1.807) is 0 Å². The van der Waals surface area contributed by atoms with Crippen LogP contribution in [-0.2, 0) is 11.2 Å². The second kappa shape index (κ2) is 6.59. The molecule has 1 N–H and O–H groups in total.